The Labute approximate surface area is 181 Å². The summed E-state index contributed by atoms with van der Waals surface area (Å²) >= 11 is 0. The van der Waals surface area contributed by atoms with Crippen molar-refractivity contribution in [3.8, 4) is 0 Å². The molecule has 0 unspecified atom stereocenters. The third kappa shape index (κ3) is 5.37. The van der Waals surface area contributed by atoms with Gasteiger partial charge in [-0.25, -0.2) is 17.5 Å². The summed E-state index contributed by atoms with van der Waals surface area (Å²) in [5.74, 6) is -1.24. The predicted octanol–water partition coefficient (Wildman–Crippen LogP) is 4.11. The Bertz CT molecular complexity index is 1120. The fourth-order valence-corrected chi connectivity index (χ4v) is 4.72. The quantitative estimate of drug-likeness (QED) is 0.576. The van der Waals surface area contributed by atoms with Crippen LogP contribution in [-0.2, 0) is 23.1 Å². The van der Waals surface area contributed by atoms with Gasteiger partial charge in [0.1, 0.15) is 10.7 Å². The zero-order valence-corrected chi connectivity index (χ0v) is 17.7. The second-order valence-electron chi connectivity index (χ2n) is 7.67. The molecule has 0 aromatic heterocycles. The van der Waals surface area contributed by atoms with Crippen LogP contribution in [0.25, 0.3) is 0 Å². The summed E-state index contributed by atoms with van der Waals surface area (Å²) in [6.45, 7) is 0.683. The zero-order valence-electron chi connectivity index (χ0n) is 16.9. The predicted molar refractivity (Wildman–Crippen MR) is 116 cm³/mol. The molecule has 4 rings (SSSR count). The first kappa shape index (κ1) is 21.2. The molecule has 1 N–H and O–H groups in total. The van der Waals surface area contributed by atoms with Crippen molar-refractivity contribution in [2.75, 3.05) is 0 Å². The molecule has 5 nitrogen and oxygen atoms in total. The molecule has 160 valence electrons. The van der Waals surface area contributed by atoms with E-state index in [9.17, 15) is 17.6 Å². The van der Waals surface area contributed by atoms with E-state index in [2.05, 4.69) is 4.72 Å². The first-order chi connectivity index (χ1) is 14.9. The van der Waals surface area contributed by atoms with Crippen LogP contribution >= 0.6 is 0 Å². The van der Waals surface area contributed by atoms with Gasteiger partial charge in [-0.2, -0.15) is 0 Å². The summed E-state index contributed by atoms with van der Waals surface area (Å²) < 4.78 is 41.9. The smallest absolute Gasteiger partial charge is 0.254 e. The third-order valence-electron chi connectivity index (χ3n) is 5.09. The minimum absolute atomic E-state index is 0.129. The Hall–Kier alpha value is -3.03. The third-order valence-corrected chi connectivity index (χ3v) is 6.62. The van der Waals surface area contributed by atoms with Crippen molar-refractivity contribution in [3.05, 3.63) is 101 Å². The number of amides is 1. The molecule has 31 heavy (non-hydrogen) atoms. The molecule has 0 saturated heterocycles. The van der Waals surface area contributed by atoms with Gasteiger partial charge in [0.25, 0.3) is 5.91 Å². The Morgan fingerprint density at radius 1 is 0.903 bits per heavy atom. The van der Waals surface area contributed by atoms with Gasteiger partial charge >= 0.3 is 0 Å². The normalized spacial score (nSPS) is 13.7. The SMILES string of the molecule is O=C(c1ccc(F)c(S(=O)(=O)NC2CC2)c1)N(Cc1ccccc1)Cc1ccccc1. The number of carbonyl (C=O) groups is 1. The highest BCUT2D eigenvalue weighted by Gasteiger charge is 2.30. The van der Waals surface area contributed by atoms with E-state index in [4.69, 9.17) is 0 Å². The number of rotatable bonds is 8. The molecule has 1 aliphatic rings. The molecular weight excluding hydrogens is 415 g/mol. The summed E-state index contributed by atoms with van der Waals surface area (Å²) in [6.07, 6.45) is 1.47. The van der Waals surface area contributed by atoms with Gasteiger partial charge < -0.3 is 4.90 Å². The van der Waals surface area contributed by atoms with Crippen LogP contribution in [0.5, 0.6) is 0 Å². The van der Waals surface area contributed by atoms with E-state index < -0.39 is 20.7 Å². The largest absolute Gasteiger partial charge is 0.330 e. The summed E-state index contributed by atoms with van der Waals surface area (Å²) in [4.78, 5) is 14.5. The molecule has 0 aliphatic heterocycles. The molecule has 1 saturated carbocycles. The van der Waals surface area contributed by atoms with Crippen molar-refractivity contribution in [2.45, 2.75) is 36.9 Å². The number of hydrogen-bond acceptors (Lipinski definition) is 3. The highest BCUT2D eigenvalue weighted by atomic mass is 32.2. The molecule has 3 aromatic rings. The Kier molecular flexibility index (Phi) is 6.15. The van der Waals surface area contributed by atoms with Crippen LogP contribution in [0, 0.1) is 5.82 Å². The van der Waals surface area contributed by atoms with Crippen LogP contribution < -0.4 is 4.72 Å². The lowest BCUT2D eigenvalue weighted by Crippen LogP contribution is -2.31. The van der Waals surface area contributed by atoms with Gasteiger partial charge in [-0.1, -0.05) is 60.7 Å². The number of carbonyl (C=O) groups excluding carboxylic acids is 1. The average molecular weight is 439 g/mol. The number of benzene rings is 3. The number of nitrogens with one attached hydrogen (secondary N) is 1. The second kappa shape index (κ2) is 8.99. The summed E-state index contributed by atoms with van der Waals surface area (Å²) in [7, 11) is -4.02. The molecule has 1 fully saturated rings. The van der Waals surface area contributed by atoms with Crippen molar-refractivity contribution in [1.29, 1.82) is 0 Å². The Morgan fingerprint density at radius 3 is 1.97 bits per heavy atom. The van der Waals surface area contributed by atoms with Crippen molar-refractivity contribution >= 4 is 15.9 Å². The van der Waals surface area contributed by atoms with Crippen molar-refractivity contribution in [2.24, 2.45) is 0 Å². The topological polar surface area (TPSA) is 66.5 Å². The van der Waals surface area contributed by atoms with E-state index >= 15 is 0 Å². The lowest BCUT2D eigenvalue weighted by atomic mass is 10.1. The minimum Gasteiger partial charge on any atom is -0.330 e. The zero-order chi connectivity index (χ0) is 21.8. The molecule has 1 aliphatic carbocycles. The van der Waals surface area contributed by atoms with Crippen LogP contribution in [0.3, 0.4) is 0 Å². The fourth-order valence-electron chi connectivity index (χ4n) is 3.32. The van der Waals surface area contributed by atoms with Crippen LogP contribution in [0.1, 0.15) is 34.3 Å². The maximum absolute atomic E-state index is 14.4. The van der Waals surface area contributed by atoms with E-state index in [0.29, 0.717) is 13.1 Å². The van der Waals surface area contributed by atoms with Gasteiger partial charge in [0.2, 0.25) is 10.0 Å². The monoisotopic (exact) mass is 438 g/mol. The van der Waals surface area contributed by atoms with Gasteiger partial charge in [0.15, 0.2) is 0 Å². The van der Waals surface area contributed by atoms with Crippen LogP contribution in [0.4, 0.5) is 4.39 Å². The summed E-state index contributed by atoms with van der Waals surface area (Å²) in [6, 6.07) is 22.4. The van der Waals surface area contributed by atoms with Crippen LogP contribution in [0.2, 0.25) is 0 Å². The van der Waals surface area contributed by atoms with Crippen LogP contribution in [-0.4, -0.2) is 25.3 Å². The van der Waals surface area contributed by atoms with Crippen molar-refractivity contribution in [1.82, 2.24) is 9.62 Å². The molecule has 1 amide bonds. The number of halogens is 1. The van der Waals surface area contributed by atoms with E-state index in [0.717, 1.165) is 36.1 Å². The molecule has 7 heteroatoms. The average Bonchev–Trinajstić information content (AvgIpc) is 3.58. The van der Waals surface area contributed by atoms with Gasteiger partial charge in [-0.05, 0) is 42.2 Å². The Morgan fingerprint density at radius 2 is 1.45 bits per heavy atom. The summed E-state index contributed by atoms with van der Waals surface area (Å²) in [5.41, 5.74) is 2.01. The maximum Gasteiger partial charge on any atom is 0.254 e. The second-order valence-corrected chi connectivity index (χ2v) is 9.36. The van der Waals surface area contributed by atoms with Gasteiger partial charge in [0, 0.05) is 24.7 Å². The fraction of sp³-hybridized carbons (Fsp3) is 0.208. The van der Waals surface area contributed by atoms with E-state index in [1.807, 2.05) is 60.7 Å². The molecule has 0 radical (unpaired) electrons. The number of hydrogen-bond donors (Lipinski definition) is 1. The molecular formula is C24H23FN2O3S. The highest BCUT2D eigenvalue weighted by molar-refractivity contribution is 7.89. The molecule has 0 atom stereocenters. The first-order valence-electron chi connectivity index (χ1n) is 10.1. The van der Waals surface area contributed by atoms with Gasteiger partial charge in [-0.3, -0.25) is 4.79 Å². The van der Waals surface area contributed by atoms with Gasteiger partial charge in [-0.15, -0.1) is 0 Å². The maximum atomic E-state index is 14.4. The molecule has 3 aromatic carbocycles. The summed E-state index contributed by atoms with van der Waals surface area (Å²) in [5, 5.41) is 0. The van der Waals surface area contributed by atoms with Crippen molar-refractivity contribution in [3.63, 3.8) is 0 Å². The van der Waals surface area contributed by atoms with E-state index in [1.54, 1.807) is 4.90 Å². The van der Waals surface area contributed by atoms with E-state index in [1.165, 1.54) is 6.07 Å². The first-order valence-corrected chi connectivity index (χ1v) is 11.6. The lowest BCUT2D eigenvalue weighted by Gasteiger charge is -2.23. The molecule has 0 bridgehead atoms. The minimum atomic E-state index is -4.02. The number of nitrogens with zero attached hydrogens (tertiary/aromatic N) is 1. The Balaban J connectivity index is 1.65. The standard InChI is InChI=1S/C24H23FN2O3S/c25-22-14-11-20(15-23(22)31(29,30)26-21-12-13-21)24(28)27(16-18-7-3-1-4-8-18)17-19-9-5-2-6-10-19/h1-11,14-15,21,26H,12-13,16-17H2. The lowest BCUT2D eigenvalue weighted by molar-refractivity contribution is 0.0729. The highest BCUT2D eigenvalue weighted by Crippen LogP contribution is 2.25. The van der Waals surface area contributed by atoms with E-state index in [-0.39, 0.29) is 17.5 Å². The molecule has 0 spiro atoms. The van der Waals surface area contributed by atoms with Crippen molar-refractivity contribution < 1.29 is 17.6 Å². The molecule has 0 heterocycles. The van der Waals surface area contributed by atoms with Crippen LogP contribution in [0.15, 0.2) is 83.8 Å². The number of sulfonamides is 1. The van der Waals surface area contributed by atoms with Gasteiger partial charge in [0.05, 0.1) is 0 Å².